The molecule has 1 aromatic heterocycles. The Kier molecular flexibility index (Phi) is 4.94. The van der Waals surface area contributed by atoms with E-state index in [0.717, 1.165) is 11.1 Å². The number of rotatable bonds is 5. The quantitative estimate of drug-likeness (QED) is 0.829. The van der Waals surface area contributed by atoms with Gasteiger partial charge in [-0.3, -0.25) is 9.78 Å². The lowest BCUT2D eigenvalue weighted by molar-refractivity contribution is -0.118. The van der Waals surface area contributed by atoms with Crippen molar-refractivity contribution in [2.75, 3.05) is 0 Å². The molecule has 1 heterocycles. The average molecular weight is 294 g/mol. The van der Waals surface area contributed by atoms with Gasteiger partial charge in [0.25, 0.3) is 0 Å². The Bertz CT molecular complexity index is 570. The second-order valence-corrected chi connectivity index (χ2v) is 5.16. The summed E-state index contributed by atoms with van der Waals surface area (Å²) in [4.78, 5) is 15.9. The predicted octanol–water partition coefficient (Wildman–Crippen LogP) is 4.13. The Morgan fingerprint density at radius 1 is 1.21 bits per heavy atom. The van der Waals surface area contributed by atoms with E-state index in [1.54, 1.807) is 30.6 Å². The van der Waals surface area contributed by atoms with Crippen LogP contribution in [0.1, 0.15) is 17.5 Å². The highest BCUT2D eigenvalue weighted by Crippen LogP contribution is 2.21. The molecule has 0 unspecified atom stereocenters. The van der Waals surface area contributed by atoms with Gasteiger partial charge in [-0.15, -0.1) is 0 Å². The fraction of sp³-hybridized carbons (Fsp3) is 0.200. The molecule has 0 N–H and O–H groups in total. The molecule has 0 aliphatic heterocycles. The first-order valence-corrected chi connectivity index (χ1v) is 6.75. The van der Waals surface area contributed by atoms with Crippen LogP contribution in [0.4, 0.5) is 0 Å². The number of nitrogens with zero attached hydrogens (tertiary/aromatic N) is 1. The molecular formula is C15H13Cl2NO. The van der Waals surface area contributed by atoms with Crippen molar-refractivity contribution in [2.24, 2.45) is 0 Å². The molecule has 0 aliphatic rings. The van der Waals surface area contributed by atoms with Gasteiger partial charge in [0.2, 0.25) is 0 Å². The lowest BCUT2D eigenvalue weighted by Crippen LogP contribution is -2.05. The van der Waals surface area contributed by atoms with E-state index in [1.165, 1.54) is 0 Å². The normalized spacial score (nSPS) is 10.4. The van der Waals surface area contributed by atoms with E-state index < -0.39 is 0 Å². The number of hydrogen-bond donors (Lipinski definition) is 0. The Morgan fingerprint density at radius 2 is 2.05 bits per heavy atom. The van der Waals surface area contributed by atoms with Gasteiger partial charge in [0, 0.05) is 35.3 Å². The lowest BCUT2D eigenvalue weighted by Gasteiger charge is -2.04. The first-order valence-electron chi connectivity index (χ1n) is 5.99. The third-order valence-electron chi connectivity index (χ3n) is 2.82. The zero-order valence-electron chi connectivity index (χ0n) is 10.3. The second kappa shape index (κ2) is 6.69. The first-order chi connectivity index (χ1) is 9.15. The Balaban J connectivity index is 1.91. The molecule has 0 saturated heterocycles. The molecule has 1 aromatic carbocycles. The molecule has 98 valence electrons. The van der Waals surface area contributed by atoms with E-state index >= 15 is 0 Å². The number of carbonyl (C=O) groups is 1. The van der Waals surface area contributed by atoms with Gasteiger partial charge < -0.3 is 0 Å². The molecule has 0 saturated carbocycles. The van der Waals surface area contributed by atoms with Crippen LogP contribution in [0.3, 0.4) is 0 Å². The summed E-state index contributed by atoms with van der Waals surface area (Å²) in [6, 6.07) is 9.04. The third-order valence-corrected chi connectivity index (χ3v) is 3.40. The summed E-state index contributed by atoms with van der Waals surface area (Å²) in [5.41, 5.74) is 1.89. The highest BCUT2D eigenvalue weighted by atomic mass is 35.5. The molecule has 0 fully saturated rings. The van der Waals surface area contributed by atoms with Crippen molar-refractivity contribution in [1.29, 1.82) is 0 Å². The van der Waals surface area contributed by atoms with Crippen LogP contribution in [0.15, 0.2) is 42.7 Å². The van der Waals surface area contributed by atoms with E-state index in [2.05, 4.69) is 4.98 Å². The van der Waals surface area contributed by atoms with Crippen molar-refractivity contribution in [3.8, 4) is 0 Å². The molecule has 0 aliphatic carbocycles. The molecule has 0 atom stereocenters. The van der Waals surface area contributed by atoms with Crippen LogP contribution in [0.25, 0.3) is 0 Å². The molecule has 4 heteroatoms. The van der Waals surface area contributed by atoms with Crippen LogP contribution in [0.2, 0.25) is 10.0 Å². The van der Waals surface area contributed by atoms with Gasteiger partial charge in [0.05, 0.1) is 0 Å². The lowest BCUT2D eigenvalue weighted by atomic mass is 10.0. The third kappa shape index (κ3) is 4.34. The van der Waals surface area contributed by atoms with Gasteiger partial charge in [0.15, 0.2) is 0 Å². The zero-order valence-corrected chi connectivity index (χ0v) is 11.8. The summed E-state index contributed by atoms with van der Waals surface area (Å²) < 4.78 is 0. The van der Waals surface area contributed by atoms with Crippen LogP contribution >= 0.6 is 23.2 Å². The maximum Gasteiger partial charge on any atom is 0.137 e. The fourth-order valence-corrected chi connectivity index (χ4v) is 2.27. The summed E-state index contributed by atoms with van der Waals surface area (Å²) >= 11 is 11.9. The SMILES string of the molecule is O=C(CCc1cccnc1)Cc1ccc(Cl)cc1Cl. The predicted molar refractivity (Wildman–Crippen MR) is 77.7 cm³/mol. The first kappa shape index (κ1) is 14.0. The minimum atomic E-state index is 0.160. The van der Waals surface area contributed by atoms with Crippen molar-refractivity contribution in [3.63, 3.8) is 0 Å². The Hall–Kier alpha value is -1.38. The van der Waals surface area contributed by atoms with Gasteiger partial charge in [-0.25, -0.2) is 0 Å². The van der Waals surface area contributed by atoms with Crippen molar-refractivity contribution >= 4 is 29.0 Å². The topological polar surface area (TPSA) is 30.0 Å². The van der Waals surface area contributed by atoms with Gasteiger partial charge in [-0.2, -0.15) is 0 Å². The standard InChI is InChI=1S/C15H13Cl2NO/c16-13-5-4-12(15(17)9-13)8-14(19)6-3-11-2-1-7-18-10-11/h1-2,4-5,7,9-10H,3,6,8H2. The zero-order chi connectivity index (χ0) is 13.7. The summed E-state index contributed by atoms with van der Waals surface area (Å²) in [7, 11) is 0. The molecule has 2 nitrogen and oxygen atoms in total. The monoisotopic (exact) mass is 293 g/mol. The van der Waals surface area contributed by atoms with Crippen LogP contribution in [0.5, 0.6) is 0 Å². The largest absolute Gasteiger partial charge is 0.299 e. The molecule has 0 radical (unpaired) electrons. The number of pyridine rings is 1. The summed E-state index contributed by atoms with van der Waals surface area (Å²) in [6.07, 6.45) is 5.04. The fourth-order valence-electron chi connectivity index (χ4n) is 1.80. The van der Waals surface area contributed by atoms with Gasteiger partial charge in [-0.1, -0.05) is 35.3 Å². The van der Waals surface area contributed by atoms with Gasteiger partial charge >= 0.3 is 0 Å². The van der Waals surface area contributed by atoms with Gasteiger partial charge in [0.1, 0.15) is 5.78 Å². The Morgan fingerprint density at radius 3 is 2.74 bits per heavy atom. The van der Waals surface area contributed by atoms with E-state index in [1.807, 2.05) is 12.1 Å². The minimum absolute atomic E-state index is 0.160. The van der Waals surface area contributed by atoms with Crippen molar-refractivity contribution < 1.29 is 4.79 Å². The van der Waals surface area contributed by atoms with Crippen LogP contribution < -0.4 is 0 Å². The number of hydrogen-bond acceptors (Lipinski definition) is 2. The van der Waals surface area contributed by atoms with E-state index in [9.17, 15) is 4.79 Å². The van der Waals surface area contributed by atoms with E-state index in [4.69, 9.17) is 23.2 Å². The maximum atomic E-state index is 11.9. The smallest absolute Gasteiger partial charge is 0.137 e. The number of halogens is 2. The number of benzene rings is 1. The molecule has 2 aromatic rings. The number of carbonyl (C=O) groups excluding carboxylic acids is 1. The maximum absolute atomic E-state index is 11.9. The van der Waals surface area contributed by atoms with E-state index in [-0.39, 0.29) is 5.78 Å². The average Bonchev–Trinajstić information content (AvgIpc) is 2.41. The van der Waals surface area contributed by atoms with Crippen LogP contribution in [-0.4, -0.2) is 10.8 Å². The second-order valence-electron chi connectivity index (χ2n) is 4.31. The van der Waals surface area contributed by atoms with E-state index in [0.29, 0.717) is 29.3 Å². The molecule has 0 spiro atoms. The summed E-state index contributed by atoms with van der Waals surface area (Å²) in [5, 5.41) is 1.12. The van der Waals surface area contributed by atoms with Crippen molar-refractivity contribution in [3.05, 3.63) is 63.9 Å². The number of ketones is 1. The number of Topliss-reactive ketones (excluding diaryl/α,β-unsaturated/α-hetero) is 1. The molecule has 0 bridgehead atoms. The van der Waals surface area contributed by atoms with Gasteiger partial charge in [-0.05, 0) is 35.7 Å². The molecule has 19 heavy (non-hydrogen) atoms. The van der Waals surface area contributed by atoms with Crippen molar-refractivity contribution in [2.45, 2.75) is 19.3 Å². The number of aryl methyl sites for hydroxylation is 1. The summed E-state index contributed by atoms with van der Waals surface area (Å²) in [6.45, 7) is 0. The van der Waals surface area contributed by atoms with Crippen molar-refractivity contribution in [1.82, 2.24) is 4.98 Å². The molecule has 0 amide bonds. The molecule has 2 rings (SSSR count). The number of aromatic nitrogens is 1. The van der Waals surface area contributed by atoms with Crippen LogP contribution in [0, 0.1) is 0 Å². The Labute approximate surface area is 122 Å². The summed E-state index contributed by atoms with van der Waals surface area (Å²) in [5.74, 6) is 0.160. The molecular weight excluding hydrogens is 281 g/mol. The highest BCUT2D eigenvalue weighted by Gasteiger charge is 2.08. The minimum Gasteiger partial charge on any atom is -0.299 e. The van der Waals surface area contributed by atoms with Crippen LogP contribution in [-0.2, 0) is 17.6 Å². The highest BCUT2D eigenvalue weighted by molar-refractivity contribution is 6.35.